The summed E-state index contributed by atoms with van der Waals surface area (Å²) in [6.45, 7) is 6.83. The SMILES string of the molecule is CCN(C)c1nc(Nc2ccc(/C=C/c3ccc(Nc4nc(Nc5cc(S(=O)(=O)O)ccc5SOO)nc(N(CC)CC)n4)cc3S(=O)(=O)O)c(SOO)c2)nc(Nc2cc(SOO)ccc2S(=O)(=O)O)n1. The van der Waals surface area contributed by atoms with Crippen LogP contribution in [0, 0.1) is 0 Å². The highest BCUT2D eigenvalue weighted by atomic mass is 32.2. The molecule has 0 saturated carbocycles. The van der Waals surface area contributed by atoms with Gasteiger partial charge in [-0.3, -0.25) is 13.7 Å². The van der Waals surface area contributed by atoms with E-state index in [4.69, 9.17) is 10.5 Å². The van der Waals surface area contributed by atoms with Crippen LogP contribution in [0.25, 0.3) is 12.2 Å². The van der Waals surface area contributed by atoms with Gasteiger partial charge in [0.15, 0.2) is 0 Å². The summed E-state index contributed by atoms with van der Waals surface area (Å²) in [7, 11) is -12.6. The highest BCUT2D eigenvalue weighted by Crippen LogP contribution is 2.35. The highest BCUT2D eigenvalue weighted by molar-refractivity contribution is 7.95. The fourth-order valence-corrected chi connectivity index (χ4v) is 9.35. The molecule has 72 heavy (non-hydrogen) atoms. The predicted molar refractivity (Wildman–Crippen MR) is 268 cm³/mol. The predicted octanol–water partition coefficient (Wildman–Crippen LogP) is 7.73. The minimum atomic E-state index is -4.90. The maximum atomic E-state index is 12.8. The van der Waals surface area contributed by atoms with E-state index in [0.29, 0.717) is 67.0 Å². The van der Waals surface area contributed by atoms with E-state index in [1.165, 1.54) is 48.6 Å². The number of aromatic nitrogens is 6. The normalized spacial score (nSPS) is 12.0. The van der Waals surface area contributed by atoms with Crippen molar-refractivity contribution in [3.63, 3.8) is 0 Å². The van der Waals surface area contributed by atoms with Gasteiger partial charge in [0.25, 0.3) is 30.4 Å². The molecule has 2 aromatic heterocycles. The third-order valence-corrected chi connectivity index (χ3v) is 14.1. The molecule has 0 spiro atoms. The third kappa shape index (κ3) is 14.6. The van der Waals surface area contributed by atoms with Crippen molar-refractivity contribution in [3.8, 4) is 0 Å². The van der Waals surface area contributed by atoms with E-state index in [1.54, 1.807) is 29.0 Å². The summed E-state index contributed by atoms with van der Waals surface area (Å²) < 4.78 is 117. The average Bonchev–Trinajstić information content (AvgIpc) is 3.31. The Hall–Kier alpha value is -6.02. The van der Waals surface area contributed by atoms with Crippen molar-refractivity contribution >= 4 is 137 Å². The molecule has 0 aliphatic heterocycles. The maximum absolute atomic E-state index is 12.8. The van der Waals surface area contributed by atoms with Gasteiger partial charge in [-0.1, -0.05) is 24.3 Å². The fraction of sp³-hybridized carbons (Fsp3) is 0.179. The molecular formula is C39H42N12O15S6. The second kappa shape index (κ2) is 24.1. The van der Waals surface area contributed by atoms with Crippen LogP contribution in [0.15, 0.2) is 102 Å². The van der Waals surface area contributed by atoms with Crippen molar-refractivity contribution in [3.05, 3.63) is 83.9 Å². The smallest absolute Gasteiger partial charge is 0.296 e. The average molecular weight is 1110 g/mol. The molecule has 10 N–H and O–H groups in total. The van der Waals surface area contributed by atoms with Gasteiger partial charge in [-0.15, -0.1) is 0 Å². The van der Waals surface area contributed by atoms with E-state index in [0.717, 1.165) is 24.3 Å². The maximum Gasteiger partial charge on any atom is 0.296 e. The lowest BCUT2D eigenvalue weighted by atomic mass is 10.1. The second-order valence-corrected chi connectivity index (χ2v) is 20.8. The molecule has 0 radical (unpaired) electrons. The first kappa shape index (κ1) is 55.3. The van der Waals surface area contributed by atoms with Crippen LogP contribution in [-0.2, 0) is 43.4 Å². The Morgan fingerprint density at radius 3 is 1.61 bits per heavy atom. The Morgan fingerprint density at radius 1 is 0.528 bits per heavy atom. The van der Waals surface area contributed by atoms with Crippen LogP contribution in [0.3, 0.4) is 0 Å². The van der Waals surface area contributed by atoms with Crippen LogP contribution >= 0.6 is 36.1 Å². The van der Waals surface area contributed by atoms with E-state index in [1.807, 2.05) is 20.8 Å². The van der Waals surface area contributed by atoms with Crippen LogP contribution < -0.4 is 31.1 Å². The molecule has 27 nitrogen and oxygen atoms in total. The van der Waals surface area contributed by atoms with Gasteiger partial charge in [0.05, 0.1) is 57.3 Å². The van der Waals surface area contributed by atoms with E-state index >= 15 is 0 Å². The van der Waals surface area contributed by atoms with Crippen LogP contribution in [-0.4, -0.2) is 111 Å². The van der Waals surface area contributed by atoms with Gasteiger partial charge < -0.3 is 31.1 Å². The number of hydrogen-bond acceptors (Lipinski definition) is 27. The molecule has 0 fully saturated rings. The summed E-state index contributed by atoms with van der Waals surface area (Å²) in [6, 6.07) is 15.7. The van der Waals surface area contributed by atoms with Crippen LogP contribution in [0.5, 0.6) is 0 Å². The number of rotatable bonds is 24. The summed E-state index contributed by atoms with van der Waals surface area (Å²) >= 11 is 1.50. The van der Waals surface area contributed by atoms with Gasteiger partial charge >= 0.3 is 0 Å². The van der Waals surface area contributed by atoms with Crippen molar-refractivity contribution in [2.24, 2.45) is 0 Å². The third-order valence-electron chi connectivity index (χ3n) is 9.73. The molecule has 2 heterocycles. The van der Waals surface area contributed by atoms with Gasteiger partial charge in [0.2, 0.25) is 35.7 Å². The molecule has 0 bridgehead atoms. The van der Waals surface area contributed by atoms with Crippen LogP contribution in [0.4, 0.5) is 58.4 Å². The Balaban J connectivity index is 1.30. The largest absolute Gasteiger partial charge is 0.344 e. The molecule has 0 aliphatic carbocycles. The first-order chi connectivity index (χ1) is 34.1. The van der Waals surface area contributed by atoms with E-state index in [2.05, 4.69) is 64.2 Å². The van der Waals surface area contributed by atoms with Crippen molar-refractivity contribution in [2.45, 2.75) is 50.1 Å². The molecule has 33 heteroatoms. The summed E-state index contributed by atoms with van der Waals surface area (Å²) in [4.78, 5) is 29.0. The zero-order valence-electron chi connectivity index (χ0n) is 37.6. The van der Waals surface area contributed by atoms with Crippen LogP contribution in [0.2, 0.25) is 0 Å². The van der Waals surface area contributed by atoms with Crippen LogP contribution in [0.1, 0.15) is 31.9 Å². The monoisotopic (exact) mass is 1110 g/mol. The summed E-state index contributed by atoms with van der Waals surface area (Å²) in [6.07, 6.45) is 2.86. The topological polar surface area (TPSA) is 383 Å². The molecule has 0 aliphatic rings. The standard InChI is InChI=1S/C39H42N12O15S6/c1-5-50(4)38-46-34(44-37(47-38)43-29-20-26(67-64-52)14-17-32(29)71(58,59)60)40-24-12-10-22(31(18-24)69-66-54)8-9-23-11-13-25(19-33(23)72(61,62)63)41-35-45-36(49-39(48-35)51(6-2)7-3)42-28-21-27(70(55,56)57)15-16-30(28)68-65-53/h8-21,52-54H,5-7H2,1-4H3,(H,55,56,57)(H,58,59,60)(H,61,62,63)(H2,40,43,44,46,47)(H2,41,42,45,48,49)/b9-8+. The second-order valence-electron chi connectivity index (χ2n) is 14.3. The number of nitrogens with zero attached hydrogens (tertiary/aromatic N) is 8. The first-order valence-corrected chi connectivity index (χ1v) is 26.9. The molecule has 0 unspecified atom stereocenters. The van der Waals surface area contributed by atoms with Gasteiger partial charge in [-0.25, -0.2) is 15.8 Å². The minimum absolute atomic E-state index is 0.00394. The molecule has 384 valence electrons. The van der Waals surface area contributed by atoms with Gasteiger partial charge in [0.1, 0.15) is 9.79 Å². The van der Waals surface area contributed by atoms with E-state index in [-0.39, 0.29) is 73.0 Å². The first-order valence-electron chi connectivity index (χ1n) is 20.3. The lowest BCUT2D eigenvalue weighted by molar-refractivity contribution is -0.116. The van der Waals surface area contributed by atoms with E-state index < -0.39 is 45.0 Å². The number of anilines is 10. The number of hydrogen-bond donors (Lipinski definition) is 10. The van der Waals surface area contributed by atoms with Gasteiger partial charge in [0, 0.05) is 47.8 Å². The number of nitrogens with one attached hydrogen (secondary N) is 4. The Morgan fingerprint density at radius 2 is 1.06 bits per heavy atom. The zero-order valence-corrected chi connectivity index (χ0v) is 42.5. The number of benzene rings is 4. The summed E-state index contributed by atoms with van der Waals surface area (Å²) in [5.41, 5.74) is 0.680. The minimum Gasteiger partial charge on any atom is -0.344 e. The Kier molecular flexibility index (Phi) is 18.5. The molecule has 0 saturated heterocycles. The molecule has 4 aromatic carbocycles. The summed E-state index contributed by atoms with van der Waals surface area (Å²) in [5.74, 6) is -0.190. The van der Waals surface area contributed by atoms with Gasteiger partial charge in [-0.2, -0.15) is 68.2 Å². The zero-order chi connectivity index (χ0) is 52.4. The van der Waals surface area contributed by atoms with E-state index in [9.17, 15) is 44.2 Å². The van der Waals surface area contributed by atoms with Crippen molar-refractivity contribution in [2.75, 3.05) is 57.7 Å². The summed E-state index contributed by atoms with van der Waals surface area (Å²) in [5, 5.41) is 39.0. The van der Waals surface area contributed by atoms with Gasteiger partial charge in [-0.05, 0) is 92.6 Å². The Bertz CT molecular complexity index is 3310. The molecule has 0 atom stereocenters. The van der Waals surface area contributed by atoms with Crippen molar-refractivity contribution in [1.82, 2.24) is 29.9 Å². The molecule has 6 aromatic rings. The quantitative estimate of drug-likeness (QED) is 0.00910. The Labute approximate surface area is 424 Å². The molecular weight excluding hydrogens is 1070 g/mol. The van der Waals surface area contributed by atoms with Crippen molar-refractivity contribution < 1.29 is 67.7 Å². The highest BCUT2D eigenvalue weighted by Gasteiger charge is 2.22. The molecule has 0 amide bonds. The fourth-order valence-electron chi connectivity index (χ4n) is 6.23. The van der Waals surface area contributed by atoms with Crippen molar-refractivity contribution in [1.29, 1.82) is 0 Å². The lowest BCUT2D eigenvalue weighted by Crippen LogP contribution is -2.25. The molecule has 6 rings (SSSR count). The lowest BCUT2D eigenvalue weighted by Gasteiger charge is -2.20.